The highest BCUT2D eigenvalue weighted by Gasteiger charge is 2.10. The van der Waals surface area contributed by atoms with Crippen LogP contribution in [0.2, 0.25) is 5.02 Å². The zero-order valence-electron chi connectivity index (χ0n) is 15.4. The maximum Gasteiger partial charge on any atom is 0.193 e. The summed E-state index contributed by atoms with van der Waals surface area (Å²) >= 11 is 7.79. The first kappa shape index (κ1) is 22.2. The van der Waals surface area contributed by atoms with E-state index in [9.17, 15) is 0 Å². The summed E-state index contributed by atoms with van der Waals surface area (Å²) in [7, 11) is 5.83. The number of hydrogen-bond acceptors (Lipinski definition) is 3. The Labute approximate surface area is 176 Å². The lowest BCUT2D eigenvalue weighted by Crippen LogP contribution is -2.39. The molecule has 0 radical (unpaired) electrons. The fourth-order valence-corrected chi connectivity index (χ4v) is 3.57. The van der Waals surface area contributed by atoms with Crippen LogP contribution >= 0.6 is 46.9 Å². The first-order chi connectivity index (χ1) is 11.4. The number of aromatic nitrogens is 2. The van der Waals surface area contributed by atoms with Crippen molar-refractivity contribution in [1.29, 1.82) is 0 Å². The second-order valence-electron chi connectivity index (χ2n) is 6.17. The smallest absolute Gasteiger partial charge is 0.193 e. The van der Waals surface area contributed by atoms with Gasteiger partial charge in [0.25, 0.3) is 0 Å². The zero-order valence-corrected chi connectivity index (χ0v) is 19.3. The lowest BCUT2D eigenvalue weighted by atomic mass is 10.2. The van der Waals surface area contributed by atoms with Gasteiger partial charge in [0.2, 0.25) is 0 Å². The molecule has 0 aliphatic carbocycles. The highest BCUT2D eigenvalue weighted by Crippen LogP contribution is 2.19. The van der Waals surface area contributed by atoms with Crippen LogP contribution in [0.5, 0.6) is 0 Å². The van der Waals surface area contributed by atoms with Gasteiger partial charge in [-0.3, -0.25) is 4.99 Å². The first-order valence-corrected chi connectivity index (χ1v) is 9.33. The Bertz CT molecular complexity index is 695. The molecule has 0 aliphatic heterocycles. The Hall–Kier alpha value is -0.800. The van der Waals surface area contributed by atoms with Crippen molar-refractivity contribution in [1.82, 2.24) is 19.8 Å². The SMILES string of the molecule is CN=C(NCCc1csc(C(C)C)n1)N(C)Cc1cc(Cl)cn1C.I. The van der Waals surface area contributed by atoms with Gasteiger partial charge in [0.1, 0.15) is 0 Å². The summed E-state index contributed by atoms with van der Waals surface area (Å²) in [5.74, 6) is 1.36. The van der Waals surface area contributed by atoms with E-state index in [0.717, 1.165) is 41.9 Å². The van der Waals surface area contributed by atoms with Crippen LogP contribution in [0.1, 0.15) is 36.2 Å². The minimum absolute atomic E-state index is 0. The van der Waals surface area contributed by atoms with E-state index in [0.29, 0.717) is 5.92 Å². The van der Waals surface area contributed by atoms with Crippen molar-refractivity contribution in [3.05, 3.63) is 39.1 Å². The average Bonchev–Trinajstić information content (AvgIpc) is 3.10. The van der Waals surface area contributed by atoms with Crippen LogP contribution in [0.15, 0.2) is 22.6 Å². The van der Waals surface area contributed by atoms with Crippen molar-refractivity contribution in [3.8, 4) is 0 Å². The molecule has 25 heavy (non-hydrogen) atoms. The topological polar surface area (TPSA) is 45.5 Å². The Morgan fingerprint density at radius 3 is 2.72 bits per heavy atom. The van der Waals surface area contributed by atoms with E-state index in [1.165, 1.54) is 5.01 Å². The molecule has 2 heterocycles. The molecule has 0 spiro atoms. The van der Waals surface area contributed by atoms with E-state index in [-0.39, 0.29) is 24.0 Å². The van der Waals surface area contributed by atoms with Gasteiger partial charge < -0.3 is 14.8 Å². The van der Waals surface area contributed by atoms with Crippen molar-refractivity contribution in [2.24, 2.45) is 12.0 Å². The highest BCUT2D eigenvalue weighted by molar-refractivity contribution is 14.0. The van der Waals surface area contributed by atoms with Gasteiger partial charge in [0.05, 0.1) is 22.3 Å². The van der Waals surface area contributed by atoms with Gasteiger partial charge in [0, 0.05) is 57.3 Å². The third-order valence-corrected chi connectivity index (χ3v) is 5.18. The molecule has 0 fully saturated rings. The van der Waals surface area contributed by atoms with Gasteiger partial charge in [-0.05, 0) is 6.07 Å². The highest BCUT2D eigenvalue weighted by atomic mass is 127. The zero-order chi connectivity index (χ0) is 17.7. The molecule has 0 saturated heterocycles. The molecule has 0 aromatic carbocycles. The van der Waals surface area contributed by atoms with Gasteiger partial charge >= 0.3 is 0 Å². The van der Waals surface area contributed by atoms with Gasteiger partial charge in [-0.25, -0.2) is 4.98 Å². The molecule has 1 N–H and O–H groups in total. The van der Waals surface area contributed by atoms with Gasteiger partial charge in [-0.1, -0.05) is 25.4 Å². The summed E-state index contributed by atoms with van der Waals surface area (Å²) in [6.07, 6.45) is 2.81. The Balaban J connectivity index is 0.00000312. The standard InChI is InChI=1S/C17H26ClN5S.HI/c1-12(2)16-21-14(11-24-16)6-7-20-17(19-3)23(5)10-15-8-13(18)9-22(15)4;/h8-9,11-12H,6-7,10H2,1-5H3,(H,19,20);1H. The minimum atomic E-state index is 0. The molecule has 2 aromatic heterocycles. The predicted molar refractivity (Wildman–Crippen MR) is 119 cm³/mol. The number of rotatable bonds is 6. The van der Waals surface area contributed by atoms with Crippen molar-refractivity contribution >= 4 is 52.9 Å². The molecule has 0 unspecified atom stereocenters. The van der Waals surface area contributed by atoms with Crippen molar-refractivity contribution in [3.63, 3.8) is 0 Å². The number of thiazole rings is 1. The van der Waals surface area contributed by atoms with Crippen LogP contribution in [0.25, 0.3) is 0 Å². The molecular formula is C17H27ClIN5S. The lowest BCUT2D eigenvalue weighted by molar-refractivity contribution is 0.462. The summed E-state index contributed by atoms with van der Waals surface area (Å²) in [5, 5.41) is 7.51. The molecule has 2 aromatic rings. The second kappa shape index (κ2) is 10.4. The number of nitrogens with one attached hydrogen (secondary N) is 1. The molecule has 0 saturated carbocycles. The summed E-state index contributed by atoms with van der Waals surface area (Å²) in [6.45, 7) is 5.91. The van der Waals surface area contributed by atoms with Crippen LogP contribution in [0.4, 0.5) is 0 Å². The van der Waals surface area contributed by atoms with Crippen LogP contribution in [0, 0.1) is 0 Å². The number of guanidine groups is 1. The predicted octanol–water partition coefficient (Wildman–Crippen LogP) is 4.13. The monoisotopic (exact) mass is 495 g/mol. The third-order valence-electron chi connectivity index (χ3n) is 3.77. The fourth-order valence-electron chi connectivity index (χ4n) is 2.43. The largest absolute Gasteiger partial charge is 0.356 e. The summed E-state index contributed by atoms with van der Waals surface area (Å²) in [6, 6.07) is 1.98. The van der Waals surface area contributed by atoms with Gasteiger partial charge in [-0.2, -0.15) is 0 Å². The Morgan fingerprint density at radius 1 is 1.48 bits per heavy atom. The minimum Gasteiger partial charge on any atom is -0.356 e. The quantitative estimate of drug-likeness (QED) is 0.372. The molecular weight excluding hydrogens is 469 g/mol. The Kier molecular flexibility index (Phi) is 9.23. The van der Waals surface area contributed by atoms with E-state index < -0.39 is 0 Å². The van der Waals surface area contributed by atoms with E-state index in [1.54, 1.807) is 18.4 Å². The van der Waals surface area contributed by atoms with Gasteiger partial charge in [-0.15, -0.1) is 35.3 Å². The van der Waals surface area contributed by atoms with Crippen LogP contribution < -0.4 is 5.32 Å². The van der Waals surface area contributed by atoms with Gasteiger partial charge in [0.15, 0.2) is 5.96 Å². The molecule has 140 valence electrons. The first-order valence-electron chi connectivity index (χ1n) is 8.07. The molecule has 0 aliphatic rings. The third kappa shape index (κ3) is 6.45. The van der Waals surface area contributed by atoms with Crippen LogP contribution in [0.3, 0.4) is 0 Å². The lowest BCUT2D eigenvalue weighted by Gasteiger charge is -2.22. The maximum absolute atomic E-state index is 6.05. The molecule has 0 atom stereocenters. The number of aryl methyl sites for hydroxylation is 1. The second-order valence-corrected chi connectivity index (χ2v) is 7.50. The van der Waals surface area contributed by atoms with E-state index in [4.69, 9.17) is 11.6 Å². The summed E-state index contributed by atoms with van der Waals surface area (Å²) < 4.78 is 2.04. The molecule has 0 amide bonds. The van der Waals surface area contributed by atoms with Crippen LogP contribution in [-0.2, 0) is 20.0 Å². The number of nitrogens with zero attached hydrogens (tertiary/aromatic N) is 4. The maximum atomic E-state index is 6.05. The summed E-state index contributed by atoms with van der Waals surface area (Å²) in [5.41, 5.74) is 2.29. The van der Waals surface area contributed by atoms with E-state index in [2.05, 4.69) is 39.4 Å². The fraction of sp³-hybridized carbons (Fsp3) is 0.529. The number of halogens is 2. The normalized spacial score (nSPS) is 11.6. The van der Waals surface area contributed by atoms with Crippen molar-refractivity contribution < 1.29 is 0 Å². The van der Waals surface area contributed by atoms with Crippen molar-refractivity contribution in [2.45, 2.75) is 32.7 Å². The Morgan fingerprint density at radius 2 is 2.20 bits per heavy atom. The molecule has 8 heteroatoms. The number of hydrogen-bond donors (Lipinski definition) is 1. The summed E-state index contributed by atoms with van der Waals surface area (Å²) in [4.78, 5) is 11.1. The van der Waals surface area contributed by atoms with Crippen LogP contribution in [-0.4, -0.2) is 41.1 Å². The molecule has 0 bridgehead atoms. The average molecular weight is 496 g/mol. The van der Waals surface area contributed by atoms with E-state index >= 15 is 0 Å². The van der Waals surface area contributed by atoms with E-state index in [1.807, 2.05) is 30.9 Å². The molecule has 2 rings (SSSR count). The number of aliphatic imine (C=N–C) groups is 1. The molecule has 5 nitrogen and oxygen atoms in total. The van der Waals surface area contributed by atoms with Crippen molar-refractivity contribution in [2.75, 3.05) is 20.6 Å².